The lowest BCUT2D eigenvalue weighted by atomic mass is 9.70. The number of nitrogens with two attached hydrogens (primary N) is 1. The summed E-state index contributed by atoms with van der Waals surface area (Å²) in [6.45, 7) is 0. The van der Waals surface area contributed by atoms with Gasteiger partial charge in [-0.25, -0.2) is 4.98 Å². The molecule has 2 aromatic heterocycles. The molecule has 2 aromatic rings. The molecule has 3 aliphatic rings. The van der Waals surface area contributed by atoms with Crippen molar-refractivity contribution < 1.29 is 9.68 Å². The zero-order chi connectivity index (χ0) is 15.8. The van der Waals surface area contributed by atoms with Gasteiger partial charge in [-0.15, -0.1) is 0 Å². The van der Waals surface area contributed by atoms with Gasteiger partial charge in [0.05, 0.1) is 6.20 Å². The van der Waals surface area contributed by atoms with Crippen LogP contribution in [0.3, 0.4) is 0 Å². The van der Waals surface area contributed by atoms with Gasteiger partial charge in [-0.05, 0) is 49.2 Å². The highest BCUT2D eigenvalue weighted by atomic mass is 32.2. The minimum atomic E-state index is -0.841. The zero-order valence-corrected chi connectivity index (χ0v) is 13.7. The quantitative estimate of drug-likeness (QED) is 0.583. The third-order valence-electron chi connectivity index (χ3n) is 4.67. The summed E-state index contributed by atoms with van der Waals surface area (Å²) in [6, 6.07) is 2.02. The number of nitrogens with zero attached hydrogens (tertiary/aromatic N) is 1. The van der Waals surface area contributed by atoms with Gasteiger partial charge in [0, 0.05) is 22.4 Å². The molecule has 0 amide bonds. The summed E-state index contributed by atoms with van der Waals surface area (Å²) in [4.78, 5) is 7.43. The van der Waals surface area contributed by atoms with Gasteiger partial charge in [-0.1, -0.05) is 18.4 Å². The van der Waals surface area contributed by atoms with Crippen molar-refractivity contribution in [2.24, 2.45) is 11.1 Å². The topological polar surface area (TPSA) is 84.2 Å². The van der Waals surface area contributed by atoms with Crippen LogP contribution in [0.2, 0.25) is 0 Å². The van der Waals surface area contributed by atoms with E-state index in [1.165, 1.54) is 49.6 Å². The van der Waals surface area contributed by atoms with Crippen molar-refractivity contribution in [2.75, 3.05) is 0 Å². The van der Waals surface area contributed by atoms with Crippen LogP contribution in [0.1, 0.15) is 37.7 Å². The third-order valence-corrected chi connectivity index (χ3v) is 5.53. The van der Waals surface area contributed by atoms with E-state index in [0.29, 0.717) is 11.7 Å². The average Bonchev–Trinajstić information content (AvgIpc) is 3.22. The van der Waals surface area contributed by atoms with Crippen molar-refractivity contribution in [1.82, 2.24) is 9.97 Å². The first kappa shape index (κ1) is 15.1. The molecular weight excluding hydrogens is 309 g/mol. The van der Waals surface area contributed by atoms with E-state index in [2.05, 4.69) is 9.97 Å². The second-order valence-electron chi connectivity index (χ2n) is 6.33. The van der Waals surface area contributed by atoms with Crippen LogP contribution in [0, 0.1) is 5.92 Å². The normalized spacial score (nSPS) is 20.1. The van der Waals surface area contributed by atoms with Crippen molar-refractivity contribution in [2.45, 2.75) is 37.4 Å². The number of rotatable bonds is 2. The zero-order valence-electron chi connectivity index (χ0n) is 12.9. The first-order valence-electron chi connectivity index (χ1n) is 8.14. The monoisotopic (exact) mass is 329 g/mol. The van der Waals surface area contributed by atoms with E-state index in [1.807, 2.05) is 18.2 Å². The van der Waals surface area contributed by atoms with Gasteiger partial charge in [0.15, 0.2) is 0 Å². The van der Waals surface area contributed by atoms with E-state index in [1.54, 1.807) is 6.20 Å². The lowest BCUT2D eigenvalue weighted by molar-refractivity contribution is 0.390. The van der Waals surface area contributed by atoms with E-state index in [9.17, 15) is 5.02 Å². The molecule has 0 spiro atoms. The Bertz CT molecular complexity index is 740. The van der Waals surface area contributed by atoms with Crippen LogP contribution in [0.15, 0.2) is 24.4 Å². The summed E-state index contributed by atoms with van der Waals surface area (Å²) >= 11 is 1.49. The molecule has 5 rings (SSSR count). The van der Waals surface area contributed by atoms with Gasteiger partial charge in [0.2, 0.25) is 0 Å². The predicted octanol–water partition coefficient (Wildman–Crippen LogP) is 2.91. The van der Waals surface area contributed by atoms with Crippen LogP contribution in [0.5, 0.6) is 5.75 Å². The van der Waals surface area contributed by atoms with Crippen molar-refractivity contribution in [3.8, 4) is 5.75 Å². The first-order chi connectivity index (χ1) is 11.3. The number of nitrogens with one attached hydrogen (secondary N) is 1. The standard InChI is InChI=1S/C13H13BN2O2.C3H7NS/c17-14-6-10(8-2-1-3-8)12-9-4-5-15-13(9)16-7-11(12)18-14;4-5-3-1-2-3/h4-8,17H,1-3H2,(H,15,16);3H,1-2,4H2. The molecule has 4 N–H and O–H groups in total. The van der Waals surface area contributed by atoms with Gasteiger partial charge in [0.25, 0.3) is 0 Å². The van der Waals surface area contributed by atoms with Crippen molar-refractivity contribution >= 4 is 35.7 Å². The summed E-state index contributed by atoms with van der Waals surface area (Å²) < 4.78 is 5.46. The molecule has 0 bridgehead atoms. The number of aromatic nitrogens is 2. The highest BCUT2D eigenvalue weighted by Crippen LogP contribution is 2.45. The molecule has 3 heterocycles. The predicted molar refractivity (Wildman–Crippen MR) is 94.8 cm³/mol. The van der Waals surface area contributed by atoms with Gasteiger partial charge < -0.3 is 14.7 Å². The van der Waals surface area contributed by atoms with Gasteiger partial charge in [-0.2, -0.15) is 0 Å². The SMILES string of the molecule is NSC1CC1.OB1C=C(C2CCC2)c2c(cnc3[nH]ccc23)O1. The highest BCUT2D eigenvalue weighted by molar-refractivity contribution is 7.97. The minimum Gasteiger partial charge on any atom is -0.531 e. The maximum Gasteiger partial charge on any atom is 0.552 e. The molecule has 5 nitrogen and oxygen atoms in total. The van der Waals surface area contributed by atoms with Gasteiger partial charge in [-0.3, -0.25) is 5.14 Å². The van der Waals surface area contributed by atoms with Crippen LogP contribution in [0.25, 0.3) is 16.6 Å². The molecule has 23 heavy (non-hydrogen) atoms. The fourth-order valence-corrected chi connectivity index (χ4v) is 3.45. The molecule has 2 aliphatic carbocycles. The minimum absolute atomic E-state index is 0.558. The molecule has 0 aromatic carbocycles. The number of hydrogen-bond donors (Lipinski definition) is 3. The second kappa shape index (κ2) is 6.22. The molecule has 2 fully saturated rings. The van der Waals surface area contributed by atoms with Crippen molar-refractivity contribution in [3.05, 3.63) is 30.0 Å². The molecular formula is C16H20BN3O2S. The Morgan fingerprint density at radius 3 is 2.78 bits per heavy atom. The molecule has 7 heteroatoms. The summed E-state index contributed by atoms with van der Waals surface area (Å²) in [6.07, 6.45) is 9.96. The molecule has 120 valence electrons. The van der Waals surface area contributed by atoms with Gasteiger partial charge in [0.1, 0.15) is 11.4 Å². The lowest BCUT2D eigenvalue weighted by Crippen LogP contribution is -2.27. The van der Waals surface area contributed by atoms with E-state index < -0.39 is 7.12 Å². The number of hydrogen-bond acceptors (Lipinski definition) is 5. The summed E-state index contributed by atoms with van der Waals surface area (Å²) in [5.41, 5.74) is 3.21. The van der Waals surface area contributed by atoms with Crippen LogP contribution in [0.4, 0.5) is 0 Å². The number of allylic oxidation sites excluding steroid dienone is 1. The smallest absolute Gasteiger partial charge is 0.531 e. The Kier molecular flexibility index (Phi) is 4.09. The van der Waals surface area contributed by atoms with E-state index in [-0.39, 0.29) is 0 Å². The largest absolute Gasteiger partial charge is 0.552 e. The van der Waals surface area contributed by atoms with Crippen molar-refractivity contribution in [1.29, 1.82) is 0 Å². The van der Waals surface area contributed by atoms with Crippen LogP contribution < -0.4 is 9.79 Å². The Morgan fingerprint density at radius 1 is 1.35 bits per heavy atom. The van der Waals surface area contributed by atoms with E-state index in [0.717, 1.165) is 21.8 Å². The van der Waals surface area contributed by atoms with E-state index >= 15 is 0 Å². The molecule has 0 saturated heterocycles. The van der Waals surface area contributed by atoms with Crippen LogP contribution >= 0.6 is 11.9 Å². The Hall–Kier alpha value is -1.44. The third kappa shape index (κ3) is 3.01. The fourth-order valence-electron chi connectivity index (χ4n) is 3.04. The lowest BCUT2D eigenvalue weighted by Gasteiger charge is -2.32. The molecule has 0 unspecified atom stereocenters. The van der Waals surface area contributed by atoms with Gasteiger partial charge >= 0.3 is 7.12 Å². The van der Waals surface area contributed by atoms with Crippen molar-refractivity contribution in [3.63, 3.8) is 0 Å². The number of H-pyrrole nitrogens is 1. The van der Waals surface area contributed by atoms with Crippen LogP contribution in [-0.2, 0) is 0 Å². The average molecular weight is 329 g/mol. The molecule has 1 aliphatic heterocycles. The summed E-state index contributed by atoms with van der Waals surface area (Å²) in [5.74, 6) is 3.10. The number of fused-ring (bicyclic) bond motifs is 3. The van der Waals surface area contributed by atoms with Crippen LogP contribution in [-0.4, -0.2) is 27.4 Å². The maximum absolute atomic E-state index is 9.78. The Labute approximate surface area is 140 Å². The molecule has 0 radical (unpaired) electrons. The second-order valence-corrected chi connectivity index (χ2v) is 7.27. The maximum atomic E-state index is 9.78. The van der Waals surface area contributed by atoms with E-state index in [4.69, 9.17) is 9.79 Å². The fraction of sp³-hybridized carbons (Fsp3) is 0.438. The number of pyridine rings is 1. The molecule has 0 atom stereocenters. The summed E-state index contributed by atoms with van der Waals surface area (Å²) in [7, 11) is -0.841. The Morgan fingerprint density at radius 2 is 2.17 bits per heavy atom. The Balaban J connectivity index is 0.000000233. The first-order valence-corrected chi connectivity index (χ1v) is 9.09. The number of aromatic amines is 1. The summed E-state index contributed by atoms with van der Waals surface area (Å²) in [5, 5.41) is 16.8. The molecule has 2 saturated carbocycles. The highest BCUT2D eigenvalue weighted by Gasteiger charge is 2.32.